The predicted molar refractivity (Wildman–Crippen MR) is 69.3 cm³/mol. The van der Waals surface area contributed by atoms with Crippen LogP contribution in [0.15, 0.2) is 42.6 Å². The zero-order valence-corrected chi connectivity index (χ0v) is 10.2. The molecule has 0 amide bonds. The minimum Gasteiger partial charge on any atom is -0.439 e. The first-order chi connectivity index (χ1) is 8.69. The van der Waals surface area contributed by atoms with E-state index < -0.39 is 0 Å². The summed E-state index contributed by atoms with van der Waals surface area (Å²) in [7, 11) is 0. The van der Waals surface area contributed by atoms with Gasteiger partial charge < -0.3 is 15.6 Å². The van der Waals surface area contributed by atoms with Gasteiger partial charge in [0.1, 0.15) is 5.75 Å². The monoisotopic (exact) mass is 244 g/mol. The molecule has 94 valence electrons. The number of nitrogens with zero attached hydrogens (tertiary/aromatic N) is 1. The summed E-state index contributed by atoms with van der Waals surface area (Å²) in [6.07, 6.45) is 1.71. The van der Waals surface area contributed by atoms with Gasteiger partial charge in [-0.15, -0.1) is 0 Å². The molecule has 0 aliphatic heterocycles. The number of benzene rings is 1. The van der Waals surface area contributed by atoms with Crippen LogP contribution in [0.2, 0.25) is 0 Å². The van der Waals surface area contributed by atoms with Crippen LogP contribution in [0.1, 0.15) is 24.1 Å². The van der Waals surface area contributed by atoms with E-state index in [1.807, 2.05) is 25.1 Å². The number of rotatable bonds is 4. The van der Waals surface area contributed by atoms with E-state index in [0.717, 1.165) is 11.1 Å². The number of aliphatic hydroxyl groups is 1. The van der Waals surface area contributed by atoms with Crippen molar-refractivity contribution in [2.24, 2.45) is 5.73 Å². The van der Waals surface area contributed by atoms with Crippen LogP contribution in [0.4, 0.5) is 0 Å². The maximum atomic E-state index is 8.94. The molecule has 0 aliphatic rings. The topological polar surface area (TPSA) is 68.4 Å². The third-order valence-electron chi connectivity index (χ3n) is 2.61. The van der Waals surface area contributed by atoms with Gasteiger partial charge in [0.25, 0.3) is 0 Å². The lowest BCUT2D eigenvalue weighted by atomic mass is 10.2. The summed E-state index contributed by atoms with van der Waals surface area (Å²) in [5.41, 5.74) is 7.56. The zero-order valence-electron chi connectivity index (χ0n) is 10.2. The third-order valence-corrected chi connectivity index (χ3v) is 2.61. The maximum Gasteiger partial charge on any atom is 0.219 e. The highest BCUT2D eigenvalue weighted by Crippen LogP contribution is 2.20. The van der Waals surface area contributed by atoms with E-state index in [9.17, 15) is 0 Å². The Balaban J connectivity index is 2.08. The average molecular weight is 244 g/mol. The van der Waals surface area contributed by atoms with Crippen molar-refractivity contribution in [3.8, 4) is 11.6 Å². The van der Waals surface area contributed by atoms with Gasteiger partial charge in [0, 0.05) is 18.3 Å². The van der Waals surface area contributed by atoms with E-state index in [-0.39, 0.29) is 12.6 Å². The standard InChI is InChI=1S/C14H16N2O2/c1-10(15)12-4-7-14(16-8-12)18-13-5-2-11(9-17)3-6-13/h2-8,10,17H,9,15H2,1H3. The fraction of sp³-hybridized carbons (Fsp3) is 0.214. The summed E-state index contributed by atoms with van der Waals surface area (Å²) in [6, 6.07) is 10.9. The number of aromatic nitrogens is 1. The average Bonchev–Trinajstić information content (AvgIpc) is 2.40. The van der Waals surface area contributed by atoms with E-state index >= 15 is 0 Å². The number of aliphatic hydroxyl groups excluding tert-OH is 1. The van der Waals surface area contributed by atoms with Gasteiger partial charge in [0.2, 0.25) is 5.88 Å². The quantitative estimate of drug-likeness (QED) is 0.866. The molecular weight excluding hydrogens is 228 g/mol. The summed E-state index contributed by atoms with van der Waals surface area (Å²) < 4.78 is 5.58. The van der Waals surface area contributed by atoms with E-state index in [4.69, 9.17) is 15.6 Å². The van der Waals surface area contributed by atoms with Gasteiger partial charge in [0.15, 0.2) is 0 Å². The maximum absolute atomic E-state index is 8.94. The van der Waals surface area contributed by atoms with Crippen molar-refractivity contribution in [3.63, 3.8) is 0 Å². The van der Waals surface area contributed by atoms with Crippen LogP contribution in [-0.4, -0.2) is 10.1 Å². The van der Waals surface area contributed by atoms with Gasteiger partial charge in [-0.2, -0.15) is 0 Å². The van der Waals surface area contributed by atoms with Gasteiger partial charge >= 0.3 is 0 Å². The molecule has 4 heteroatoms. The molecule has 1 aromatic carbocycles. The van der Waals surface area contributed by atoms with Gasteiger partial charge in [0.05, 0.1) is 6.61 Å². The zero-order chi connectivity index (χ0) is 13.0. The Labute approximate surface area is 106 Å². The molecule has 0 fully saturated rings. The number of pyridine rings is 1. The van der Waals surface area contributed by atoms with E-state index in [1.165, 1.54) is 0 Å². The summed E-state index contributed by atoms with van der Waals surface area (Å²) in [5.74, 6) is 1.21. The lowest BCUT2D eigenvalue weighted by Gasteiger charge is -2.07. The van der Waals surface area contributed by atoms with Crippen molar-refractivity contribution in [2.45, 2.75) is 19.6 Å². The summed E-state index contributed by atoms with van der Waals surface area (Å²) in [5, 5.41) is 8.94. The van der Waals surface area contributed by atoms with Crippen LogP contribution in [0.5, 0.6) is 11.6 Å². The SMILES string of the molecule is CC(N)c1ccc(Oc2ccc(CO)cc2)nc1. The van der Waals surface area contributed by atoms with Crippen molar-refractivity contribution in [3.05, 3.63) is 53.7 Å². The van der Waals surface area contributed by atoms with Crippen molar-refractivity contribution in [1.29, 1.82) is 0 Å². The Kier molecular flexibility index (Phi) is 3.92. The van der Waals surface area contributed by atoms with E-state index in [1.54, 1.807) is 24.4 Å². The molecule has 2 rings (SSSR count). The second-order valence-electron chi connectivity index (χ2n) is 4.12. The molecule has 0 saturated heterocycles. The minimum atomic E-state index is -0.0320. The molecule has 4 nitrogen and oxygen atoms in total. The van der Waals surface area contributed by atoms with Gasteiger partial charge in [-0.3, -0.25) is 0 Å². The molecule has 3 N–H and O–H groups in total. The Bertz CT molecular complexity index is 492. The molecule has 0 bridgehead atoms. The second-order valence-corrected chi connectivity index (χ2v) is 4.12. The third kappa shape index (κ3) is 3.06. The summed E-state index contributed by atoms with van der Waals surface area (Å²) >= 11 is 0. The smallest absolute Gasteiger partial charge is 0.219 e. The normalized spacial score (nSPS) is 12.2. The molecule has 0 aliphatic carbocycles. The first-order valence-electron chi connectivity index (χ1n) is 5.78. The van der Waals surface area contributed by atoms with Crippen LogP contribution in [0.3, 0.4) is 0 Å². The lowest BCUT2D eigenvalue weighted by molar-refractivity contribution is 0.281. The summed E-state index contributed by atoms with van der Waals surface area (Å²) in [6.45, 7) is 1.94. The fourth-order valence-electron chi connectivity index (χ4n) is 1.51. The van der Waals surface area contributed by atoms with Gasteiger partial charge in [-0.1, -0.05) is 18.2 Å². The first-order valence-corrected chi connectivity index (χ1v) is 5.78. The number of hydrogen-bond acceptors (Lipinski definition) is 4. The Morgan fingerprint density at radius 2 is 1.94 bits per heavy atom. The second kappa shape index (κ2) is 5.62. The Morgan fingerprint density at radius 3 is 2.44 bits per heavy atom. The van der Waals surface area contributed by atoms with Crippen LogP contribution < -0.4 is 10.5 Å². The van der Waals surface area contributed by atoms with E-state index in [2.05, 4.69) is 4.98 Å². The van der Waals surface area contributed by atoms with Gasteiger partial charge in [-0.25, -0.2) is 4.98 Å². The molecule has 1 unspecified atom stereocenters. The summed E-state index contributed by atoms with van der Waals surface area (Å²) in [4.78, 5) is 4.19. The number of nitrogens with two attached hydrogens (primary N) is 1. The largest absolute Gasteiger partial charge is 0.439 e. The fourth-order valence-corrected chi connectivity index (χ4v) is 1.51. The molecule has 0 saturated carbocycles. The van der Waals surface area contributed by atoms with Crippen molar-refractivity contribution < 1.29 is 9.84 Å². The number of ether oxygens (including phenoxy) is 1. The lowest BCUT2D eigenvalue weighted by Crippen LogP contribution is -2.05. The van der Waals surface area contributed by atoms with Crippen LogP contribution in [0.25, 0.3) is 0 Å². The molecule has 1 aromatic heterocycles. The molecule has 0 spiro atoms. The number of hydrogen-bond donors (Lipinski definition) is 2. The highest BCUT2D eigenvalue weighted by molar-refractivity contribution is 5.31. The highest BCUT2D eigenvalue weighted by Gasteiger charge is 2.02. The molecule has 2 aromatic rings. The van der Waals surface area contributed by atoms with Crippen LogP contribution >= 0.6 is 0 Å². The van der Waals surface area contributed by atoms with Crippen molar-refractivity contribution in [2.75, 3.05) is 0 Å². The molecule has 1 atom stereocenters. The predicted octanol–water partition coefficient (Wildman–Crippen LogP) is 2.39. The van der Waals surface area contributed by atoms with E-state index in [0.29, 0.717) is 11.6 Å². The van der Waals surface area contributed by atoms with Crippen LogP contribution in [0, 0.1) is 0 Å². The van der Waals surface area contributed by atoms with Crippen LogP contribution in [-0.2, 0) is 6.61 Å². The molecule has 0 radical (unpaired) electrons. The molecule has 18 heavy (non-hydrogen) atoms. The van der Waals surface area contributed by atoms with Gasteiger partial charge in [-0.05, 0) is 30.2 Å². The highest BCUT2D eigenvalue weighted by atomic mass is 16.5. The molecular formula is C14H16N2O2. The molecule has 1 heterocycles. The van der Waals surface area contributed by atoms with Crippen molar-refractivity contribution >= 4 is 0 Å². The van der Waals surface area contributed by atoms with Crippen molar-refractivity contribution in [1.82, 2.24) is 4.98 Å². The Morgan fingerprint density at radius 1 is 1.22 bits per heavy atom. The minimum absolute atomic E-state index is 0.0294. The Hall–Kier alpha value is -1.91. The first kappa shape index (κ1) is 12.5.